The lowest BCUT2D eigenvalue weighted by molar-refractivity contribution is 0.00578. The lowest BCUT2D eigenvalue weighted by Gasteiger charge is -2.32. The van der Waals surface area contributed by atoms with Gasteiger partial charge in [-0.15, -0.1) is 11.6 Å². The smallest absolute Gasteiger partial charge is 0.399 e. The number of nitrogen functional groups attached to an aromatic ring is 1. The molecule has 0 amide bonds. The van der Waals surface area contributed by atoms with Gasteiger partial charge in [-0.25, -0.2) is 13.4 Å². The molecule has 3 rings (SSSR count). The molecule has 1 aliphatic rings. The van der Waals surface area contributed by atoms with Crippen molar-refractivity contribution in [2.24, 2.45) is 0 Å². The normalized spacial score (nSPS) is 19.1. The van der Waals surface area contributed by atoms with Crippen LogP contribution in [0.15, 0.2) is 41.4 Å². The average molecular weight is 452 g/mol. The van der Waals surface area contributed by atoms with Gasteiger partial charge in [-0.3, -0.25) is 0 Å². The van der Waals surface area contributed by atoms with E-state index >= 15 is 0 Å². The fourth-order valence-electron chi connectivity index (χ4n) is 2.96. The van der Waals surface area contributed by atoms with Gasteiger partial charge in [0, 0.05) is 11.7 Å². The fraction of sp³-hybridized carbons (Fsp3) is 0.450. The fourth-order valence-corrected chi connectivity index (χ4v) is 4.44. The highest BCUT2D eigenvalue weighted by atomic mass is 35.5. The van der Waals surface area contributed by atoms with Crippen molar-refractivity contribution in [1.29, 1.82) is 0 Å². The van der Waals surface area contributed by atoms with Gasteiger partial charge in [0.25, 0.3) is 0 Å². The van der Waals surface area contributed by atoms with Gasteiger partial charge in [-0.1, -0.05) is 19.1 Å². The summed E-state index contributed by atoms with van der Waals surface area (Å²) in [7, 11) is -4.32. The zero-order chi connectivity index (χ0) is 22.3. The molecular formula is C20H27BClN3O4S. The Morgan fingerprint density at radius 2 is 1.70 bits per heavy atom. The van der Waals surface area contributed by atoms with Gasteiger partial charge in [0.15, 0.2) is 0 Å². The second kappa shape index (κ2) is 8.13. The molecule has 1 aromatic carbocycles. The number of benzene rings is 1. The third-order valence-corrected chi connectivity index (χ3v) is 7.63. The lowest BCUT2D eigenvalue weighted by atomic mass is 9.78. The first-order valence-electron chi connectivity index (χ1n) is 9.74. The molecule has 0 saturated carbocycles. The maximum absolute atomic E-state index is 12.4. The van der Waals surface area contributed by atoms with Crippen LogP contribution in [-0.4, -0.2) is 37.2 Å². The van der Waals surface area contributed by atoms with Crippen LogP contribution >= 0.6 is 11.6 Å². The van der Waals surface area contributed by atoms with Gasteiger partial charge in [0.2, 0.25) is 10.0 Å². The molecule has 10 heteroatoms. The highest BCUT2D eigenvalue weighted by Gasteiger charge is 2.52. The molecule has 0 bridgehead atoms. The highest BCUT2D eigenvalue weighted by Crippen LogP contribution is 2.37. The Labute approximate surface area is 183 Å². The Morgan fingerprint density at radius 1 is 1.13 bits per heavy atom. The number of pyridine rings is 1. The molecular weight excluding hydrogens is 425 g/mol. The van der Waals surface area contributed by atoms with E-state index < -0.39 is 33.8 Å². The summed E-state index contributed by atoms with van der Waals surface area (Å²) in [6, 6.07) is 8.34. The van der Waals surface area contributed by atoms with Crippen molar-refractivity contribution in [2.45, 2.75) is 62.6 Å². The Bertz CT molecular complexity index is 1010. The molecule has 1 saturated heterocycles. The van der Waals surface area contributed by atoms with Crippen molar-refractivity contribution >= 4 is 40.0 Å². The summed E-state index contributed by atoms with van der Waals surface area (Å²) in [5.41, 5.74) is 6.64. The summed E-state index contributed by atoms with van der Waals surface area (Å²) in [4.78, 5) is 4.43. The van der Waals surface area contributed by atoms with E-state index in [0.29, 0.717) is 17.7 Å². The molecule has 1 atom stereocenters. The zero-order valence-electron chi connectivity index (χ0n) is 17.8. The van der Waals surface area contributed by atoms with E-state index in [1.165, 1.54) is 12.1 Å². The summed E-state index contributed by atoms with van der Waals surface area (Å²) >= 11 is 5.93. The van der Waals surface area contributed by atoms with Gasteiger partial charge in [0.1, 0.15) is 5.82 Å². The first kappa shape index (κ1) is 23.0. The molecule has 30 heavy (non-hydrogen) atoms. The molecule has 2 heterocycles. The van der Waals surface area contributed by atoms with Crippen molar-refractivity contribution in [3.05, 3.63) is 36.5 Å². The SMILES string of the molecule is CCC(Cl)NS(=O)(=O)c1ccc(-c2cnc(N)c(B3OC(C)(C)C(C)(C)O3)c2)cc1. The number of alkyl halides is 1. The van der Waals surface area contributed by atoms with Crippen LogP contribution in [0.3, 0.4) is 0 Å². The Hall–Kier alpha value is -1.65. The number of halogens is 1. The van der Waals surface area contributed by atoms with Crippen LogP contribution in [0.4, 0.5) is 5.82 Å². The number of nitrogens with zero attached hydrogens (tertiary/aromatic N) is 1. The summed E-state index contributed by atoms with van der Waals surface area (Å²) < 4.78 is 39.4. The molecule has 0 aliphatic carbocycles. The number of anilines is 1. The quantitative estimate of drug-likeness (QED) is 0.397. The van der Waals surface area contributed by atoms with E-state index in [4.69, 9.17) is 26.6 Å². The van der Waals surface area contributed by atoms with Crippen molar-refractivity contribution in [2.75, 3.05) is 5.73 Å². The van der Waals surface area contributed by atoms with E-state index in [1.54, 1.807) is 25.3 Å². The minimum atomic E-state index is -3.68. The monoisotopic (exact) mass is 451 g/mol. The maximum atomic E-state index is 12.4. The van der Waals surface area contributed by atoms with Crippen LogP contribution in [0.25, 0.3) is 11.1 Å². The summed E-state index contributed by atoms with van der Waals surface area (Å²) in [5, 5.41) is 0. The third-order valence-electron chi connectivity index (χ3n) is 5.60. The van der Waals surface area contributed by atoms with E-state index in [-0.39, 0.29) is 4.90 Å². The van der Waals surface area contributed by atoms with E-state index in [1.807, 2.05) is 33.8 Å². The van der Waals surface area contributed by atoms with Crippen molar-refractivity contribution in [3.8, 4) is 11.1 Å². The summed E-state index contributed by atoms with van der Waals surface area (Å²) in [6.45, 7) is 9.68. The third kappa shape index (κ3) is 4.50. The Kier molecular flexibility index (Phi) is 6.24. The first-order valence-corrected chi connectivity index (χ1v) is 11.7. The number of aromatic nitrogens is 1. The van der Waals surface area contributed by atoms with Crippen molar-refractivity contribution < 1.29 is 17.7 Å². The second-order valence-electron chi connectivity index (χ2n) is 8.31. The maximum Gasteiger partial charge on any atom is 0.498 e. The lowest BCUT2D eigenvalue weighted by Crippen LogP contribution is -2.41. The molecule has 1 unspecified atom stereocenters. The molecule has 0 spiro atoms. The number of nitrogens with one attached hydrogen (secondary N) is 1. The topological polar surface area (TPSA) is 104 Å². The number of nitrogens with two attached hydrogens (primary N) is 1. The Balaban J connectivity index is 1.89. The van der Waals surface area contributed by atoms with Crippen LogP contribution in [0.1, 0.15) is 41.0 Å². The summed E-state index contributed by atoms with van der Waals surface area (Å²) in [6.07, 6.45) is 2.12. The number of hydrogen-bond acceptors (Lipinski definition) is 6. The van der Waals surface area contributed by atoms with Crippen LogP contribution in [-0.2, 0) is 19.3 Å². The van der Waals surface area contributed by atoms with Gasteiger partial charge < -0.3 is 15.0 Å². The van der Waals surface area contributed by atoms with E-state index in [2.05, 4.69) is 9.71 Å². The van der Waals surface area contributed by atoms with Crippen LogP contribution < -0.4 is 15.9 Å². The minimum Gasteiger partial charge on any atom is -0.399 e. The van der Waals surface area contributed by atoms with Gasteiger partial charge in [0.05, 0.1) is 21.6 Å². The molecule has 0 radical (unpaired) electrons. The molecule has 2 aromatic rings. The summed E-state index contributed by atoms with van der Waals surface area (Å²) in [5.74, 6) is 0.327. The molecule has 7 nitrogen and oxygen atoms in total. The largest absolute Gasteiger partial charge is 0.498 e. The molecule has 1 fully saturated rings. The second-order valence-corrected chi connectivity index (χ2v) is 10.5. The van der Waals surface area contributed by atoms with Gasteiger partial charge in [-0.05, 0) is 63.4 Å². The van der Waals surface area contributed by atoms with Crippen LogP contribution in [0.5, 0.6) is 0 Å². The predicted octanol–water partition coefficient (Wildman–Crippen LogP) is 2.88. The Morgan fingerprint density at radius 3 is 2.23 bits per heavy atom. The van der Waals surface area contributed by atoms with Crippen LogP contribution in [0, 0.1) is 0 Å². The van der Waals surface area contributed by atoms with E-state index in [0.717, 1.165) is 11.1 Å². The minimum absolute atomic E-state index is 0.139. The van der Waals surface area contributed by atoms with Gasteiger partial charge in [-0.2, -0.15) is 4.72 Å². The zero-order valence-corrected chi connectivity index (χ0v) is 19.3. The predicted molar refractivity (Wildman–Crippen MR) is 120 cm³/mol. The average Bonchev–Trinajstić information content (AvgIpc) is 2.89. The number of rotatable bonds is 6. The molecule has 1 aliphatic heterocycles. The van der Waals surface area contributed by atoms with Crippen molar-refractivity contribution in [1.82, 2.24) is 9.71 Å². The molecule has 1 aromatic heterocycles. The van der Waals surface area contributed by atoms with Gasteiger partial charge >= 0.3 is 7.12 Å². The van der Waals surface area contributed by atoms with E-state index in [9.17, 15) is 8.42 Å². The standard InChI is InChI=1S/C20H27BClN3O4S/c1-6-17(22)25-30(26,27)15-9-7-13(8-10-15)14-11-16(18(23)24-12-14)21-28-19(2,3)20(4,5)29-21/h7-12,17,25H,6H2,1-5H3,(H2,23,24). The van der Waals surface area contributed by atoms with Crippen LogP contribution in [0.2, 0.25) is 0 Å². The molecule has 162 valence electrons. The highest BCUT2D eigenvalue weighted by molar-refractivity contribution is 7.89. The number of sulfonamides is 1. The van der Waals surface area contributed by atoms with Crippen molar-refractivity contribution in [3.63, 3.8) is 0 Å². The molecule has 3 N–H and O–H groups in total. The number of hydrogen-bond donors (Lipinski definition) is 2. The first-order chi connectivity index (χ1) is 13.9.